The third-order valence-corrected chi connectivity index (χ3v) is 2.90. The molecule has 5 heteroatoms. The zero-order valence-corrected chi connectivity index (χ0v) is 10.3. The highest BCUT2D eigenvalue weighted by Gasteiger charge is 2.20. The highest BCUT2D eigenvalue weighted by Crippen LogP contribution is 2.19. The lowest BCUT2D eigenvalue weighted by molar-refractivity contribution is -0.121. The minimum absolute atomic E-state index is 0.0994. The number of hydrogen-bond acceptors (Lipinski definition) is 3. The van der Waals surface area contributed by atoms with E-state index in [4.69, 9.17) is 0 Å². The van der Waals surface area contributed by atoms with Gasteiger partial charge in [-0.05, 0) is 19.8 Å². The van der Waals surface area contributed by atoms with Crippen LogP contribution < -0.4 is 10.6 Å². The van der Waals surface area contributed by atoms with E-state index in [9.17, 15) is 4.79 Å². The second-order valence-corrected chi connectivity index (χ2v) is 4.44. The summed E-state index contributed by atoms with van der Waals surface area (Å²) in [5.74, 6) is 0.0994. The van der Waals surface area contributed by atoms with Gasteiger partial charge in [-0.2, -0.15) is 0 Å². The first-order chi connectivity index (χ1) is 8.29. The van der Waals surface area contributed by atoms with E-state index >= 15 is 0 Å². The summed E-state index contributed by atoms with van der Waals surface area (Å²) in [7, 11) is 0. The van der Waals surface area contributed by atoms with Crippen molar-refractivity contribution in [2.75, 3.05) is 6.54 Å². The predicted octanol–water partition coefficient (Wildman–Crippen LogP) is 0.661. The molecule has 1 amide bonds. The summed E-state index contributed by atoms with van der Waals surface area (Å²) in [6, 6.07) is 0.696. The van der Waals surface area contributed by atoms with E-state index in [-0.39, 0.29) is 5.91 Å². The summed E-state index contributed by atoms with van der Waals surface area (Å²) in [6.45, 7) is 4.17. The number of aromatic nitrogens is 2. The first-order valence-corrected chi connectivity index (χ1v) is 6.28. The van der Waals surface area contributed by atoms with Crippen LogP contribution in [-0.4, -0.2) is 28.0 Å². The maximum absolute atomic E-state index is 11.4. The molecular weight excluding hydrogens is 216 g/mol. The molecule has 17 heavy (non-hydrogen) atoms. The van der Waals surface area contributed by atoms with Gasteiger partial charge in [-0.3, -0.25) is 4.79 Å². The quantitative estimate of drug-likeness (QED) is 0.731. The SMILES string of the molecule is CCNC(=O)CCn1cncc1CNC1CC1. The molecule has 1 aliphatic rings. The molecule has 0 radical (unpaired) electrons. The van der Waals surface area contributed by atoms with E-state index in [0.717, 1.165) is 12.2 Å². The Kier molecular flexibility index (Phi) is 4.14. The van der Waals surface area contributed by atoms with Gasteiger partial charge in [0.25, 0.3) is 0 Å². The topological polar surface area (TPSA) is 59.0 Å². The smallest absolute Gasteiger partial charge is 0.221 e. The van der Waals surface area contributed by atoms with Gasteiger partial charge in [0.05, 0.1) is 12.0 Å². The number of nitrogens with zero attached hydrogens (tertiary/aromatic N) is 2. The normalized spacial score (nSPS) is 14.9. The van der Waals surface area contributed by atoms with Crippen molar-refractivity contribution in [2.45, 2.75) is 45.3 Å². The fourth-order valence-corrected chi connectivity index (χ4v) is 1.74. The average Bonchev–Trinajstić information content (AvgIpc) is 3.03. The number of hydrogen-bond donors (Lipinski definition) is 2. The van der Waals surface area contributed by atoms with Crippen molar-refractivity contribution in [3.8, 4) is 0 Å². The second kappa shape index (κ2) is 5.82. The van der Waals surface area contributed by atoms with Gasteiger partial charge in [0.2, 0.25) is 5.91 Å². The van der Waals surface area contributed by atoms with Crippen molar-refractivity contribution >= 4 is 5.91 Å². The summed E-state index contributed by atoms with van der Waals surface area (Å²) >= 11 is 0. The van der Waals surface area contributed by atoms with Crippen LogP contribution in [0, 0.1) is 0 Å². The fourth-order valence-electron chi connectivity index (χ4n) is 1.74. The Labute approximate surface area is 102 Å². The first kappa shape index (κ1) is 12.1. The molecule has 0 unspecified atom stereocenters. The second-order valence-electron chi connectivity index (χ2n) is 4.44. The molecule has 1 aromatic rings. The molecule has 1 heterocycles. The Bertz CT molecular complexity index is 370. The van der Waals surface area contributed by atoms with Gasteiger partial charge in [0.1, 0.15) is 0 Å². The largest absolute Gasteiger partial charge is 0.356 e. The van der Waals surface area contributed by atoms with Crippen molar-refractivity contribution in [2.24, 2.45) is 0 Å². The standard InChI is InChI=1S/C12H20N4O/c1-2-14-12(17)5-6-16-9-13-7-11(16)8-15-10-3-4-10/h7,9-10,15H,2-6,8H2,1H3,(H,14,17). The van der Waals surface area contributed by atoms with Crippen molar-refractivity contribution in [3.05, 3.63) is 18.2 Å². The Hall–Kier alpha value is -1.36. The van der Waals surface area contributed by atoms with E-state index in [1.54, 1.807) is 6.33 Å². The van der Waals surface area contributed by atoms with Gasteiger partial charge < -0.3 is 15.2 Å². The number of carbonyl (C=O) groups is 1. The number of aryl methyl sites for hydroxylation is 1. The fraction of sp³-hybridized carbons (Fsp3) is 0.667. The van der Waals surface area contributed by atoms with E-state index in [1.807, 2.05) is 17.7 Å². The molecule has 1 aliphatic carbocycles. The van der Waals surface area contributed by atoms with Crippen LogP contribution in [0.5, 0.6) is 0 Å². The van der Waals surface area contributed by atoms with Crippen molar-refractivity contribution < 1.29 is 4.79 Å². The Morgan fingerprint density at radius 2 is 2.41 bits per heavy atom. The van der Waals surface area contributed by atoms with E-state index in [0.29, 0.717) is 25.6 Å². The number of carbonyl (C=O) groups excluding carboxylic acids is 1. The van der Waals surface area contributed by atoms with Crippen LogP contribution in [0.1, 0.15) is 31.9 Å². The molecule has 0 bridgehead atoms. The van der Waals surface area contributed by atoms with Crippen LogP contribution in [0.25, 0.3) is 0 Å². The lowest BCUT2D eigenvalue weighted by Crippen LogP contribution is -2.24. The Balaban J connectivity index is 1.78. The molecule has 0 atom stereocenters. The maximum atomic E-state index is 11.4. The van der Waals surface area contributed by atoms with Gasteiger partial charge >= 0.3 is 0 Å². The lowest BCUT2D eigenvalue weighted by atomic mass is 10.3. The zero-order valence-electron chi connectivity index (χ0n) is 10.3. The summed E-state index contributed by atoms with van der Waals surface area (Å²) in [6.07, 6.45) is 6.75. The minimum Gasteiger partial charge on any atom is -0.356 e. The van der Waals surface area contributed by atoms with Crippen molar-refractivity contribution in [1.82, 2.24) is 20.2 Å². The molecule has 1 fully saturated rings. The summed E-state index contributed by atoms with van der Waals surface area (Å²) in [4.78, 5) is 15.5. The Morgan fingerprint density at radius 3 is 3.12 bits per heavy atom. The highest BCUT2D eigenvalue weighted by atomic mass is 16.1. The third-order valence-electron chi connectivity index (χ3n) is 2.90. The molecular formula is C12H20N4O. The van der Waals surface area contributed by atoms with Gasteiger partial charge in [-0.15, -0.1) is 0 Å². The molecule has 0 aromatic carbocycles. The third kappa shape index (κ3) is 3.85. The number of imidazole rings is 1. The average molecular weight is 236 g/mol. The summed E-state index contributed by atoms with van der Waals surface area (Å²) in [5, 5.41) is 6.25. The number of rotatable bonds is 7. The van der Waals surface area contributed by atoms with Crippen LogP contribution >= 0.6 is 0 Å². The van der Waals surface area contributed by atoms with Crippen LogP contribution in [0.15, 0.2) is 12.5 Å². The van der Waals surface area contributed by atoms with Crippen molar-refractivity contribution in [3.63, 3.8) is 0 Å². The molecule has 2 rings (SSSR count). The van der Waals surface area contributed by atoms with Gasteiger partial charge in [0.15, 0.2) is 0 Å². The molecule has 94 valence electrons. The van der Waals surface area contributed by atoms with E-state index < -0.39 is 0 Å². The monoisotopic (exact) mass is 236 g/mol. The zero-order chi connectivity index (χ0) is 12.1. The van der Waals surface area contributed by atoms with Gasteiger partial charge in [-0.25, -0.2) is 4.98 Å². The van der Waals surface area contributed by atoms with Crippen molar-refractivity contribution in [1.29, 1.82) is 0 Å². The molecule has 1 aromatic heterocycles. The molecule has 2 N–H and O–H groups in total. The molecule has 0 aliphatic heterocycles. The Morgan fingerprint density at radius 1 is 1.59 bits per heavy atom. The first-order valence-electron chi connectivity index (χ1n) is 6.28. The van der Waals surface area contributed by atoms with Crippen LogP contribution in [0.4, 0.5) is 0 Å². The highest BCUT2D eigenvalue weighted by molar-refractivity contribution is 5.75. The van der Waals surface area contributed by atoms with Gasteiger partial charge in [-0.1, -0.05) is 0 Å². The van der Waals surface area contributed by atoms with E-state index in [2.05, 4.69) is 15.6 Å². The maximum Gasteiger partial charge on any atom is 0.221 e. The summed E-state index contributed by atoms with van der Waals surface area (Å²) < 4.78 is 2.05. The van der Waals surface area contributed by atoms with Crippen LogP contribution in [0.3, 0.4) is 0 Å². The minimum atomic E-state index is 0.0994. The van der Waals surface area contributed by atoms with Crippen LogP contribution in [-0.2, 0) is 17.9 Å². The van der Waals surface area contributed by atoms with E-state index in [1.165, 1.54) is 12.8 Å². The number of amides is 1. The molecule has 0 spiro atoms. The molecule has 0 saturated heterocycles. The number of nitrogens with one attached hydrogen (secondary N) is 2. The molecule has 5 nitrogen and oxygen atoms in total. The molecule has 1 saturated carbocycles. The van der Waals surface area contributed by atoms with Gasteiger partial charge in [0, 0.05) is 38.3 Å². The predicted molar refractivity (Wildman–Crippen MR) is 65.4 cm³/mol. The lowest BCUT2D eigenvalue weighted by Gasteiger charge is -2.08. The van der Waals surface area contributed by atoms with Crippen LogP contribution in [0.2, 0.25) is 0 Å². The summed E-state index contributed by atoms with van der Waals surface area (Å²) in [5.41, 5.74) is 1.15.